The van der Waals surface area contributed by atoms with Crippen LogP contribution in [0.5, 0.6) is 0 Å². The van der Waals surface area contributed by atoms with Gasteiger partial charge in [0.25, 0.3) is 0 Å². The monoisotopic (exact) mass is 366 g/mol. The van der Waals surface area contributed by atoms with E-state index in [4.69, 9.17) is 0 Å². The van der Waals surface area contributed by atoms with E-state index in [1.54, 1.807) is 0 Å². The minimum atomic E-state index is -1.05. The summed E-state index contributed by atoms with van der Waals surface area (Å²) >= 11 is 1.47. The molecule has 0 aliphatic heterocycles. The minimum absolute atomic E-state index is 0.0574. The third-order valence-corrected chi connectivity index (χ3v) is 4.77. The van der Waals surface area contributed by atoms with E-state index in [0.29, 0.717) is 5.69 Å². The molecule has 0 fully saturated rings. The van der Waals surface area contributed by atoms with Gasteiger partial charge in [0.15, 0.2) is 0 Å². The maximum absolute atomic E-state index is 12.3. The zero-order valence-corrected chi connectivity index (χ0v) is 14.8. The Bertz CT molecular complexity index is 878. The molecule has 1 aromatic heterocycles. The summed E-state index contributed by atoms with van der Waals surface area (Å²) in [5.74, 6) is -1.40. The highest BCUT2D eigenvalue weighted by Crippen LogP contribution is 2.23. The fourth-order valence-corrected chi connectivity index (χ4v) is 3.39. The number of carbonyl (C=O) groups excluding carboxylic acids is 1. The van der Waals surface area contributed by atoms with Crippen LogP contribution in [-0.2, 0) is 22.4 Å². The molecule has 2 aromatic carbocycles. The van der Waals surface area contributed by atoms with E-state index in [1.165, 1.54) is 11.3 Å². The van der Waals surface area contributed by atoms with Crippen molar-refractivity contribution in [3.8, 4) is 10.6 Å². The van der Waals surface area contributed by atoms with Crippen LogP contribution in [0, 0.1) is 0 Å². The van der Waals surface area contributed by atoms with Crippen molar-refractivity contribution in [2.75, 3.05) is 0 Å². The summed E-state index contributed by atoms with van der Waals surface area (Å²) in [5.41, 5.74) is 2.49. The number of hydrogen-bond acceptors (Lipinski definition) is 4. The van der Waals surface area contributed by atoms with Gasteiger partial charge >= 0.3 is 5.97 Å². The van der Waals surface area contributed by atoms with Gasteiger partial charge in [0, 0.05) is 17.4 Å². The van der Waals surface area contributed by atoms with Gasteiger partial charge < -0.3 is 10.4 Å². The molecule has 0 spiro atoms. The van der Waals surface area contributed by atoms with Crippen LogP contribution in [0.1, 0.15) is 11.3 Å². The smallest absolute Gasteiger partial charge is 0.326 e. The number of nitrogens with zero attached hydrogens (tertiary/aromatic N) is 1. The molecule has 0 unspecified atom stereocenters. The van der Waals surface area contributed by atoms with Crippen molar-refractivity contribution in [3.05, 3.63) is 77.3 Å². The van der Waals surface area contributed by atoms with Crippen LogP contribution in [0.3, 0.4) is 0 Å². The third kappa shape index (κ3) is 4.77. The quantitative estimate of drug-likeness (QED) is 0.673. The third-order valence-electron chi connectivity index (χ3n) is 3.83. The fraction of sp³-hybridized carbons (Fsp3) is 0.150. The van der Waals surface area contributed by atoms with E-state index in [9.17, 15) is 14.7 Å². The number of rotatable bonds is 7. The Labute approximate surface area is 155 Å². The first-order valence-corrected chi connectivity index (χ1v) is 9.05. The van der Waals surface area contributed by atoms with E-state index < -0.39 is 12.0 Å². The maximum atomic E-state index is 12.3. The number of carboxylic acid groups (broad SMARTS) is 1. The highest BCUT2D eigenvalue weighted by molar-refractivity contribution is 7.13. The van der Waals surface area contributed by atoms with Gasteiger partial charge in [-0.25, -0.2) is 9.78 Å². The van der Waals surface area contributed by atoms with Gasteiger partial charge in [-0.3, -0.25) is 4.79 Å². The molecule has 3 aromatic rings. The number of hydrogen-bond donors (Lipinski definition) is 2. The van der Waals surface area contributed by atoms with Crippen molar-refractivity contribution in [1.82, 2.24) is 10.3 Å². The number of aliphatic carboxylic acids is 1. The summed E-state index contributed by atoms with van der Waals surface area (Å²) in [4.78, 5) is 28.2. The van der Waals surface area contributed by atoms with Crippen molar-refractivity contribution in [1.29, 1.82) is 0 Å². The molecule has 1 amide bonds. The average molecular weight is 366 g/mol. The van der Waals surface area contributed by atoms with Gasteiger partial charge in [-0.15, -0.1) is 11.3 Å². The highest BCUT2D eigenvalue weighted by Gasteiger charge is 2.21. The molecule has 0 saturated heterocycles. The summed E-state index contributed by atoms with van der Waals surface area (Å²) in [5, 5.41) is 14.6. The van der Waals surface area contributed by atoms with Crippen molar-refractivity contribution in [2.45, 2.75) is 18.9 Å². The molecular weight excluding hydrogens is 348 g/mol. The van der Waals surface area contributed by atoms with Crippen LogP contribution in [0.2, 0.25) is 0 Å². The SMILES string of the molecule is O=C(Cc1csc(-c2ccccc2)n1)N[C@@H](Cc1ccccc1)C(=O)O. The van der Waals surface area contributed by atoms with Crippen molar-refractivity contribution in [3.63, 3.8) is 0 Å². The molecule has 0 radical (unpaired) electrons. The van der Waals surface area contributed by atoms with Crippen LogP contribution in [-0.4, -0.2) is 28.0 Å². The van der Waals surface area contributed by atoms with Crippen molar-refractivity contribution < 1.29 is 14.7 Å². The molecule has 26 heavy (non-hydrogen) atoms. The van der Waals surface area contributed by atoms with Crippen LogP contribution < -0.4 is 5.32 Å². The lowest BCUT2D eigenvalue weighted by Crippen LogP contribution is -2.43. The maximum Gasteiger partial charge on any atom is 0.326 e. The van der Waals surface area contributed by atoms with Gasteiger partial charge in [-0.2, -0.15) is 0 Å². The number of benzene rings is 2. The van der Waals surface area contributed by atoms with Crippen LogP contribution in [0.4, 0.5) is 0 Å². The van der Waals surface area contributed by atoms with Gasteiger partial charge in [0.1, 0.15) is 11.0 Å². The molecule has 6 heteroatoms. The second-order valence-corrected chi connectivity index (χ2v) is 6.69. The predicted octanol–water partition coefficient (Wildman–Crippen LogP) is 3.16. The van der Waals surface area contributed by atoms with Crippen LogP contribution in [0.25, 0.3) is 10.6 Å². The van der Waals surface area contributed by atoms with Crippen molar-refractivity contribution >= 4 is 23.2 Å². The second-order valence-electron chi connectivity index (χ2n) is 5.83. The van der Waals surface area contributed by atoms with Gasteiger partial charge in [-0.1, -0.05) is 60.7 Å². The van der Waals surface area contributed by atoms with E-state index in [-0.39, 0.29) is 18.7 Å². The molecule has 1 atom stereocenters. The summed E-state index contributed by atoms with van der Waals surface area (Å²) in [6.07, 6.45) is 0.302. The zero-order valence-electron chi connectivity index (χ0n) is 14.0. The number of aromatic nitrogens is 1. The van der Waals surface area contributed by atoms with Crippen LogP contribution >= 0.6 is 11.3 Å². The first kappa shape index (κ1) is 17.8. The Morgan fingerprint density at radius 2 is 1.69 bits per heavy atom. The molecule has 5 nitrogen and oxygen atoms in total. The molecule has 0 saturated carbocycles. The summed E-state index contributed by atoms with van der Waals surface area (Å²) in [7, 11) is 0. The Kier molecular flexibility index (Phi) is 5.76. The molecule has 0 aliphatic rings. The van der Waals surface area contributed by atoms with Gasteiger partial charge in [0.05, 0.1) is 12.1 Å². The summed E-state index contributed by atoms with van der Waals surface area (Å²) in [6.45, 7) is 0. The minimum Gasteiger partial charge on any atom is -0.480 e. The molecule has 132 valence electrons. The molecule has 0 aliphatic carbocycles. The second kappa shape index (κ2) is 8.40. The van der Waals surface area contributed by atoms with Gasteiger partial charge in [0.2, 0.25) is 5.91 Å². The highest BCUT2D eigenvalue weighted by atomic mass is 32.1. The Balaban J connectivity index is 1.62. The number of carboxylic acids is 1. The normalized spacial score (nSPS) is 11.7. The zero-order chi connectivity index (χ0) is 18.4. The van der Waals surface area contributed by atoms with Crippen molar-refractivity contribution in [2.24, 2.45) is 0 Å². The Hall–Kier alpha value is -2.99. The van der Waals surface area contributed by atoms with E-state index in [1.807, 2.05) is 66.0 Å². The summed E-state index contributed by atoms with van der Waals surface area (Å²) in [6, 6.07) is 18.0. The van der Waals surface area contributed by atoms with Crippen LogP contribution in [0.15, 0.2) is 66.0 Å². The first-order valence-electron chi connectivity index (χ1n) is 8.18. The standard InChI is InChI=1S/C20H18N2O3S/c23-18(22-17(20(24)25)11-14-7-3-1-4-8-14)12-16-13-26-19(21-16)15-9-5-2-6-10-15/h1-10,13,17H,11-12H2,(H,22,23)(H,24,25)/t17-/m0/s1. The fourth-order valence-electron chi connectivity index (χ4n) is 2.56. The number of nitrogens with one attached hydrogen (secondary N) is 1. The van der Waals surface area contributed by atoms with E-state index in [0.717, 1.165) is 16.1 Å². The number of amides is 1. The van der Waals surface area contributed by atoms with Gasteiger partial charge in [-0.05, 0) is 5.56 Å². The predicted molar refractivity (Wildman–Crippen MR) is 101 cm³/mol. The van der Waals surface area contributed by atoms with E-state index in [2.05, 4.69) is 10.3 Å². The number of carbonyl (C=O) groups is 2. The summed E-state index contributed by atoms with van der Waals surface area (Å²) < 4.78 is 0. The Morgan fingerprint density at radius 1 is 1.04 bits per heavy atom. The largest absolute Gasteiger partial charge is 0.480 e. The average Bonchev–Trinajstić information content (AvgIpc) is 3.11. The molecule has 3 rings (SSSR count). The lowest BCUT2D eigenvalue weighted by atomic mass is 10.1. The Morgan fingerprint density at radius 3 is 2.35 bits per heavy atom. The molecule has 0 bridgehead atoms. The van der Waals surface area contributed by atoms with E-state index >= 15 is 0 Å². The number of thiazole rings is 1. The molecular formula is C20H18N2O3S. The molecule has 2 N–H and O–H groups in total. The lowest BCUT2D eigenvalue weighted by Gasteiger charge is -2.14. The first-order chi connectivity index (χ1) is 12.6. The topological polar surface area (TPSA) is 79.3 Å². The lowest BCUT2D eigenvalue weighted by molar-refractivity contribution is -0.141. The molecule has 1 heterocycles.